The van der Waals surface area contributed by atoms with Crippen molar-refractivity contribution in [2.45, 2.75) is 37.8 Å². The Hall–Kier alpha value is -0.770. The number of aliphatic hydroxyl groups excluding tert-OH is 1. The lowest BCUT2D eigenvalue weighted by Crippen LogP contribution is -2.36. The van der Waals surface area contributed by atoms with Gasteiger partial charge in [0.15, 0.2) is 0 Å². The molecule has 114 valence electrons. The predicted molar refractivity (Wildman–Crippen MR) is 84.6 cm³/mol. The zero-order valence-electron chi connectivity index (χ0n) is 12.6. The van der Waals surface area contributed by atoms with Crippen LogP contribution >= 0.6 is 12.4 Å². The highest BCUT2D eigenvalue weighted by molar-refractivity contribution is 5.85. The fraction of sp³-hybridized carbons (Fsp3) is 0.625. The van der Waals surface area contributed by atoms with E-state index in [-0.39, 0.29) is 24.6 Å². The second-order valence-electron chi connectivity index (χ2n) is 5.70. The summed E-state index contributed by atoms with van der Waals surface area (Å²) in [6.45, 7) is 0. The number of benzene rings is 1. The normalized spacial score (nSPS) is 24.1. The summed E-state index contributed by atoms with van der Waals surface area (Å²) >= 11 is 0. The highest BCUT2D eigenvalue weighted by atomic mass is 35.5. The van der Waals surface area contributed by atoms with Crippen molar-refractivity contribution in [2.75, 3.05) is 21.2 Å². The van der Waals surface area contributed by atoms with Gasteiger partial charge in [0.05, 0.1) is 13.2 Å². The molecule has 4 heteroatoms. The van der Waals surface area contributed by atoms with Gasteiger partial charge in [0.1, 0.15) is 5.75 Å². The molecule has 0 bridgehead atoms. The summed E-state index contributed by atoms with van der Waals surface area (Å²) in [5.41, 5.74) is 1.23. The lowest BCUT2D eigenvalue weighted by atomic mass is 9.78. The molecule has 1 fully saturated rings. The van der Waals surface area contributed by atoms with Crippen LogP contribution in [-0.2, 0) is 0 Å². The van der Waals surface area contributed by atoms with Crippen molar-refractivity contribution >= 4 is 12.4 Å². The Kier molecular flexibility index (Phi) is 6.80. The molecule has 1 unspecified atom stereocenters. The molecule has 1 N–H and O–H groups in total. The highest BCUT2D eigenvalue weighted by Gasteiger charge is 2.33. The summed E-state index contributed by atoms with van der Waals surface area (Å²) in [5.74, 6) is 1.20. The molecule has 0 amide bonds. The Morgan fingerprint density at radius 1 is 1.25 bits per heavy atom. The van der Waals surface area contributed by atoms with Crippen LogP contribution < -0.4 is 4.74 Å². The van der Waals surface area contributed by atoms with Gasteiger partial charge in [0, 0.05) is 12.0 Å². The van der Waals surface area contributed by atoms with Crippen molar-refractivity contribution in [3.05, 3.63) is 29.8 Å². The molecule has 3 nitrogen and oxygen atoms in total. The summed E-state index contributed by atoms with van der Waals surface area (Å²) in [6, 6.07) is 8.47. The maximum atomic E-state index is 10.3. The molecule has 0 heterocycles. The third kappa shape index (κ3) is 3.87. The number of methoxy groups -OCH3 is 1. The third-order valence-electron chi connectivity index (χ3n) is 4.18. The van der Waals surface area contributed by atoms with Crippen LogP contribution in [0.3, 0.4) is 0 Å². The molecule has 2 rings (SSSR count). The summed E-state index contributed by atoms with van der Waals surface area (Å²) in [7, 11) is 5.87. The van der Waals surface area contributed by atoms with E-state index in [1.807, 2.05) is 12.1 Å². The van der Waals surface area contributed by atoms with E-state index in [1.54, 1.807) is 7.11 Å². The molecule has 0 saturated heterocycles. The van der Waals surface area contributed by atoms with Crippen molar-refractivity contribution < 1.29 is 9.84 Å². The Bertz CT molecular complexity index is 411. The average Bonchev–Trinajstić information content (AvgIpc) is 2.41. The molecule has 0 aliphatic heterocycles. The first-order valence-electron chi connectivity index (χ1n) is 7.12. The zero-order chi connectivity index (χ0) is 13.8. The number of hydrogen-bond donors (Lipinski definition) is 1. The molecular weight excluding hydrogens is 274 g/mol. The fourth-order valence-corrected chi connectivity index (χ4v) is 3.26. The molecule has 0 radical (unpaired) electrons. The SMILES string of the molecule is COc1cccc(C([C@@H]2CCCC[C@@H]2O)N(C)C)c1.Cl. The van der Waals surface area contributed by atoms with Crippen LogP contribution in [0.2, 0.25) is 0 Å². The minimum atomic E-state index is -0.188. The minimum absolute atomic E-state index is 0. The van der Waals surface area contributed by atoms with E-state index in [0.29, 0.717) is 5.92 Å². The topological polar surface area (TPSA) is 32.7 Å². The molecule has 0 spiro atoms. The van der Waals surface area contributed by atoms with Gasteiger partial charge in [-0.05, 0) is 44.6 Å². The largest absolute Gasteiger partial charge is 0.497 e. The van der Waals surface area contributed by atoms with Crippen LogP contribution in [0.4, 0.5) is 0 Å². The lowest BCUT2D eigenvalue weighted by molar-refractivity contribution is 0.0220. The molecule has 1 aromatic carbocycles. The quantitative estimate of drug-likeness (QED) is 0.926. The van der Waals surface area contributed by atoms with Gasteiger partial charge in [-0.25, -0.2) is 0 Å². The molecule has 1 saturated carbocycles. The van der Waals surface area contributed by atoms with Crippen LogP contribution in [0.15, 0.2) is 24.3 Å². The van der Waals surface area contributed by atoms with Crippen molar-refractivity contribution in [3.8, 4) is 5.75 Å². The predicted octanol–water partition coefficient (Wildman–Crippen LogP) is 3.27. The summed E-state index contributed by atoms with van der Waals surface area (Å²) in [5, 5.41) is 10.3. The second kappa shape index (κ2) is 7.87. The van der Waals surface area contributed by atoms with E-state index in [4.69, 9.17) is 4.74 Å². The Labute approximate surface area is 128 Å². The van der Waals surface area contributed by atoms with Gasteiger partial charge in [-0.3, -0.25) is 0 Å². The number of ether oxygens (including phenoxy) is 1. The number of hydrogen-bond acceptors (Lipinski definition) is 3. The van der Waals surface area contributed by atoms with Crippen LogP contribution in [-0.4, -0.2) is 37.3 Å². The van der Waals surface area contributed by atoms with Crippen molar-refractivity contribution in [2.24, 2.45) is 5.92 Å². The molecule has 1 aromatic rings. The minimum Gasteiger partial charge on any atom is -0.497 e. The molecule has 3 atom stereocenters. The number of nitrogens with zero attached hydrogens (tertiary/aromatic N) is 1. The van der Waals surface area contributed by atoms with Crippen LogP contribution in [0, 0.1) is 5.92 Å². The van der Waals surface area contributed by atoms with Gasteiger partial charge < -0.3 is 14.7 Å². The Morgan fingerprint density at radius 2 is 1.95 bits per heavy atom. The first-order chi connectivity index (χ1) is 9.13. The summed E-state index contributed by atoms with van der Waals surface area (Å²) < 4.78 is 5.32. The Morgan fingerprint density at radius 3 is 2.55 bits per heavy atom. The molecule has 20 heavy (non-hydrogen) atoms. The smallest absolute Gasteiger partial charge is 0.119 e. The van der Waals surface area contributed by atoms with Crippen molar-refractivity contribution in [1.29, 1.82) is 0 Å². The maximum absolute atomic E-state index is 10.3. The molecule has 1 aliphatic carbocycles. The van der Waals surface area contributed by atoms with Crippen LogP contribution in [0.25, 0.3) is 0 Å². The second-order valence-corrected chi connectivity index (χ2v) is 5.70. The van der Waals surface area contributed by atoms with Gasteiger partial charge in [-0.15, -0.1) is 12.4 Å². The number of halogens is 1. The standard InChI is InChI=1S/C16H25NO2.ClH/c1-17(2)16(14-9-4-5-10-15(14)18)12-7-6-8-13(11-12)19-3;/h6-8,11,14-16,18H,4-5,9-10H2,1-3H3;1H/t14-,15+,16?;/m1./s1. The monoisotopic (exact) mass is 299 g/mol. The van der Waals surface area contributed by atoms with Gasteiger partial charge in [-0.2, -0.15) is 0 Å². The van der Waals surface area contributed by atoms with E-state index in [2.05, 4.69) is 31.1 Å². The van der Waals surface area contributed by atoms with Gasteiger partial charge in [-0.1, -0.05) is 25.0 Å². The first-order valence-corrected chi connectivity index (χ1v) is 7.12. The van der Waals surface area contributed by atoms with Crippen molar-refractivity contribution in [1.82, 2.24) is 4.90 Å². The van der Waals surface area contributed by atoms with Gasteiger partial charge in [0.2, 0.25) is 0 Å². The average molecular weight is 300 g/mol. The van der Waals surface area contributed by atoms with Crippen LogP contribution in [0.5, 0.6) is 5.75 Å². The summed E-state index contributed by atoms with van der Waals surface area (Å²) in [6.07, 6.45) is 4.21. The first kappa shape index (κ1) is 17.3. The molecule has 0 aromatic heterocycles. The Balaban J connectivity index is 0.00000200. The third-order valence-corrected chi connectivity index (χ3v) is 4.18. The zero-order valence-corrected chi connectivity index (χ0v) is 13.4. The van der Waals surface area contributed by atoms with E-state index in [9.17, 15) is 5.11 Å². The highest BCUT2D eigenvalue weighted by Crippen LogP contribution is 2.38. The number of rotatable bonds is 4. The van der Waals surface area contributed by atoms with E-state index in [1.165, 1.54) is 12.0 Å². The molecular formula is C16H26ClNO2. The maximum Gasteiger partial charge on any atom is 0.119 e. The van der Waals surface area contributed by atoms with Crippen molar-refractivity contribution in [3.63, 3.8) is 0 Å². The van der Waals surface area contributed by atoms with E-state index < -0.39 is 0 Å². The van der Waals surface area contributed by atoms with Gasteiger partial charge in [0.25, 0.3) is 0 Å². The fourth-order valence-electron chi connectivity index (χ4n) is 3.26. The summed E-state index contributed by atoms with van der Waals surface area (Å²) in [4.78, 5) is 2.22. The van der Waals surface area contributed by atoms with E-state index >= 15 is 0 Å². The molecule has 1 aliphatic rings. The van der Waals surface area contributed by atoms with Gasteiger partial charge >= 0.3 is 0 Å². The number of aliphatic hydroxyl groups is 1. The van der Waals surface area contributed by atoms with E-state index in [0.717, 1.165) is 25.0 Å². The lowest BCUT2D eigenvalue weighted by Gasteiger charge is -2.38. The van der Waals surface area contributed by atoms with Crippen LogP contribution in [0.1, 0.15) is 37.3 Å².